The van der Waals surface area contributed by atoms with Gasteiger partial charge in [-0.15, -0.1) is 0 Å². The lowest BCUT2D eigenvalue weighted by atomic mass is 9.84. The number of likely N-dealkylation sites (N-methyl/N-ethyl adjacent to an activating group) is 1. The van der Waals surface area contributed by atoms with Crippen LogP contribution in [-0.4, -0.2) is 54.8 Å². The molecule has 0 aromatic heterocycles. The molecule has 0 unspecified atom stereocenters. The van der Waals surface area contributed by atoms with Crippen LogP contribution in [0.15, 0.2) is 18.2 Å². The zero-order valence-electron chi connectivity index (χ0n) is 16.6. The summed E-state index contributed by atoms with van der Waals surface area (Å²) < 4.78 is 21.6. The SMILES string of the molecule is COc1ccc([C@@H](O)[C@H]2c3c(cc4c(c3O)OCO4)CCN2C)c(CO)c1OC. The van der Waals surface area contributed by atoms with Crippen molar-refractivity contribution in [1.82, 2.24) is 4.90 Å². The minimum absolute atomic E-state index is 0.0170. The highest BCUT2D eigenvalue weighted by atomic mass is 16.7. The summed E-state index contributed by atoms with van der Waals surface area (Å²) in [5, 5.41) is 32.3. The van der Waals surface area contributed by atoms with E-state index in [1.807, 2.05) is 18.0 Å². The largest absolute Gasteiger partial charge is 0.504 e. The zero-order valence-corrected chi connectivity index (χ0v) is 16.6. The molecule has 0 bridgehead atoms. The lowest BCUT2D eigenvalue weighted by Crippen LogP contribution is -2.36. The topological polar surface area (TPSA) is 101 Å². The van der Waals surface area contributed by atoms with E-state index in [1.54, 1.807) is 12.1 Å². The third kappa shape index (κ3) is 3.04. The van der Waals surface area contributed by atoms with E-state index in [9.17, 15) is 15.3 Å². The predicted molar refractivity (Wildman–Crippen MR) is 104 cm³/mol. The zero-order chi connectivity index (χ0) is 20.7. The number of aliphatic hydroxyl groups is 2. The summed E-state index contributed by atoms with van der Waals surface area (Å²) in [4.78, 5) is 1.98. The summed E-state index contributed by atoms with van der Waals surface area (Å²) in [6.07, 6.45) is -0.329. The van der Waals surface area contributed by atoms with Crippen molar-refractivity contribution in [1.29, 1.82) is 0 Å². The van der Waals surface area contributed by atoms with Gasteiger partial charge >= 0.3 is 0 Å². The van der Waals surface area contributed by atoms with Crippen molar-refractivity contribution in [2.24, 2.45) is 0 Å². The fraction of sp³-hybridized carbons (Fsp3) is 0.429. The molecule has 2 atom stereocenters. The van der Waals surface area contributed by atoms with Gasteiger partial charge in [-0.3, -0.25) is 4.90 Å². The first kappa shape index (κ1) is 19.6. The highest BCUT2D eigenvalue weighted by Crippen LogP contribution is 2.52. The average molecular weight is 403 g/mol. The molecule has 2 aliphatic heterocycles. The molecule has 156 valence electrons. The summed E-state index contributed by atoms with van der Waals surface area (Å²) in [6, 6.07) is 4.73. The molecule has 8 nitrogen and oxygen atoms in total. The first-order valence-corrected chi connectivity index (χ1v) is 9.39. The lowest BCUT2D eigenvalue weighted by molar-refractivity contribution is 0.0524. The van der Waals surface area contributed by atoms with Gasteiger partial charge in [-0.05, 0) is 36.7 Å². The fourth-order valence-corrected chi connectivity index (χ4v) is 4.30. The Kier molecular flexibility index (Phi) is 5.16. The number of hydrogen-bond acceptors (Lipinski definition) is 8. The van der Waals surface area contributed by atoms with Crippen molar-refractivity contribution < 1.29 is 34.3 Å². The van der Waals surface area contributed by atoms with Gasteiger partial charge in [0.25, 0.3) is 0 Å². The molecule has 0 amide bonds. The minimum atomic E-state index is -1.03. The minimum Gasteiger partial charge on any atom is -0.504 e. The summed E-state index contributed by atoms with van der Waals surface area (Å²) in [5.41, 5.74) is 2.46. The van der Waals surface area contributed by atoms with Crippen LogP contribution in [0.5, 0.6) is 28.7 Å². The second-order valence-electron chi connectivity index (χ2n) is 7.18. The Morgan fingerprint density at radius 3 is 2.72 bits per heavy atom. The van der Waals surface area contributed by atoms with Crippen LogP contribution >= 0.6 is 0 Å². The highest BCUT2D eigenvalue weighted by molar-refractivity contribution is 5.62. The Morgan fingerprint density at radius 1 is 1.24 bits per heavy atom. The second kappa shape index (κ2) is 7.62. The second-order valence-corrected chi connectivity index (χ2v) is 7.18. The van der Waals surface area contributed by atoms with Gasteiger partial charge in [0.2, 0.25) is 12.5 Å². The molecule has 2 aromatic rings. The van der Waals surface area contributed by atoms with Crippen LogP contribution in [0.4, 0.5) is 0 Å². The third-order valence-corrected chi connectivity index (χ3v) is 5.73. The number of aromatic hydroxyl groups is 1. The van der Waals surface area contributed by atoms with E-state index >= 15 is 0 Å². The van der Waals surface area contributed by atoms with Gasteiger partial charge < -0.3 is 34.3 Å². The Bertz CT molecular complexity index is 930. The maximum absolute atomic E-state index is 11.4. The van der Waals surface area contributed by atoms with Crippen molar-refractivity contribution in [3.8, 4) is 28.7 Å². The van der Waals surface area contributed by atoms with Gasteiger partial charge in [0.15, 0.2) is 23.0 Å². The van der Waals surface area contributed by atoms with Gasteiger partial charge in [0, 0.05) is 17.7 Å². The van der Waals surface area contributed by atoms with Crippen LogP contribution in [0.25, 0.3) is 0 Å². The molecule has 29 heavy (non-hydrogen) atoms. The molecule has 2 aliphatic rings. The van der Waals surface area contributed by atoms with E-state index in [0.29, 0.717) is 52.7 Å². The average Bonchev–Trinajstić information content (AvgIpc) is 3.21. The lowest BCUT2D eigenvalue weighted by Gasteiger charge is -2.38. The molecule has 3 N–H and O–H groups in total. The van der Waals surface area contributed by atoms with Crippen LogP contribution < -0.4 is 18.9 Å². The number of aliphatic hydroxyl groups excluding tert-OH is 2. The van der Waals surface area contributed by atoms with Gasteiger partial charge in [0.05, 0.1) is 33.0 Å². The number of phenols is 1. The normalized spacial score (nSPS) is 19.0. The maximum atomic E-state index is 11.4. The fourth-order valence-electron chi connectivity index (χ4n) is 4.30. The van der Waals surface area contributed by atoms with Crippen LogP contribution in [0.3, 0.4) is 0 Å². The summed E-state index contributed by atoms with van der Waals surface area (Å²) >= 11 is 0. The predicted octanol–water partition coefficient (Wildman–Crippen LogP) is 1.89. The molecule has 0 saturated heterocycles. The molecule has 0 aliphatic carbocycles. The quantitative estimate of drug-likeness (QED) is 0.696. The third-order valence-electron chi connectivity index (χ3n) is 5.73. The van der Waals surface area contributed by atoms with Crippen LogP contribution in [-0.2, 0) is 13.0 Å². The maximum Gasteiger partial charge on any atom is 0.231 e. The molecule has 0 spiro atoms. The molecular formula is C21H25NO7. The highest BCUT2D eigenvalue weighted by Gasteiger charge is 2.38. The summed E-state index contributed by atoms with van der Waals surface area (Å²) in [5.74, 6) is 1.64. The van der Waals surface area contributed by atoms with Crippen LogP contribution in [0.1, 0.15) is 34.4 Å². The molecule has 0 fully saturated rings. The number of phenolic OH excluding ortho intramolecular Hbond substituents is 1. The number of benzene rings is 2. The molecule has 0 saturated carbocycles. The van der Waals surface area contributed by atoms with E-state index in [0.717, 1.165) is 5.56 Å². The van der Waals surface area contributed by atoms with Gasteiger partial charge in [-0.25, -0.2) is 0 Å². The van der Waals surface area contributed by atoms with Crippen LogP contribution in [0.2, 0.25) is 0 Å². The number of ether oxygens (including phenoxy) is 4. The van der Waals surface area contributed by atoms with E-state index in [4.69, 9.17) is 18.9 Å². The smallest absolute Gasteiger partial charge is 0.231 e. The van der Waals surface area contributed by atoms with Gasteiger partial charge in [-0.2, -0.15) is 0 Å². The van der Waals surface area contributed by atoms with Crippen molar-refractivity contribution >= 4 is 0 Å². The first-order chi connectivity index (χ1) is 14.0. The summed E-state index contributed by atoms with van der Waals surface area (Å²) in [7, 11) is 4.89. The number of methoxy groups -OCH3 is 2. The first-order valence-electron chi connectivity index (χ1n) is 9.39. The molecule has 0 radical (unpaired) electrons. The Balaban J connectivity index is 1.84. The number of hydrogen-bond donors (Lipinski definition) is 3. The van der Waals surface area contributed by atoms with Crippen molar-refractivity contribution in [2.75, 3.05) is 34.6 Å². The Labute approximate surface area is 168 Å². The Morgan fingerprint density at radius 2 is 2.03 bits per heavy atom. The van der Waals surface area contributed by atoms with Crippen molar-refractivity contribution in [3.63, 3.8) is 0 Å². The summed E-state index contributed by atoms with van der Waals surface area (Å²) in [6.45, 7) is 0.415. The molecular weight excluding hydrogens is 378 g/mol. The van der Waals surface area contributed by atoms with Gasteiger partial charge in [-0.1, -0.05) is 6.07 Å². The number of nitrogens with zero attached hydrogens (tertiary/aromatic N) is 1. The molecule has 8 heteroatoms. The van der Waals surface area contributed by atoms with Crippen molar-refractivity contribution in [2.45, 2.75) is 25.2 Å². The number of fused-ring (bicyclic) bond motifs is 2. The molecule has 4 rings (SSSR count). The van der Waals surface area contributed by atoms with Crippen LogP contribution in [0, 0.1) is 0 Å². The number of rotatable bonds is 5. The van der Waals surface area contributed by atoms with Gasteiger partial charge in [0.1, 0.15) is 0 Å². The van der Waals surface area contributed by atoms with E-state index in [1.165, 1.54) is 14.2 Å². The Hall–Kier alpha value is -2.68. The van der Waals surface area contributed by atoms with E-state index in [2.05, 4.69) is 0 Å². The van der Waals surface area contributed by atoms with E-state index in [-0.39, 0.29) is 19.1 Å². The van der Waals surface area contributed by atoms with Crippen molar-refractivity contribution in [3.05, 3.63) is 40.5 Å². The molecule has 2 aromatic carbocycles. The molecule has 2 heterocycles. The monoisotopic (exact) mass is 403 g/mol. The standard InChI is InChI=1S/C21H25NO7/c1-22-7-6-11-8-15-21(29-10-28-15)19(25)16(11)17(22)18(24)12-4-5-14(26-2)20(27-3)13(12)9-23/h4-5,8,17-18,23-25H,6-7,9-10H2,1-3H3/t17-,18-/m1/s1. The van der Waals surface area contributed by atoms with E-state index < -0.39 is 12.1 Å².